The van der Waals surface area contributed by atoms with Gasteiger partial charge in [-0.3, -0.25) is 9.36 Å². The van der Waals surface area contributed by atoms with Crippen LogP contribution in [-0.4, -0.2) is 90.4 Å². The molecule has 9 heteroatoms. The van der Waals surface area contributed by atoms with Gasteiger partial charge in [-0.25, -0.2) is 9.34 Å². The minimum atomic E-state index is -3.02. The topological polar surface area (TPSA) is 82.6 Å². The summed E-state index contributed by atoms with van der Waals surface area (Å²) in [6.45, 7) is 8.59. The molecule has 0 bridgehead atoms. The Labute approximate surface area is 145 Å². The third kappa shape index (κ3) is 5.25. The van der Waals surface area contributed by atoms with E-state index >= 15 is 0 Å². The van der Waals surface area contributed by atoms with Gasteiger partial charge >= 0.3 is 7.67 Å². The lowest BCUT2D eigenvalue weighted by Crippen LogP contribution is -2.55. The van der Waals surface area contributed by atoms with Gasteiger partial charge in [-0.1, -0.05) is 0 Å². The van der Waals surface area contributed by atoms with Crippen molar-refractivity contribution in [3.63, 3.8) is 0 Å². The van der Waals surface area contributed by atoms with Crippen LogP contribution in [0.3, 0.4) is 0 Å². The molecule has 8 nitrogen and oxygen atoms in total. The lowest BCUT2D eigenvalue weighted by molar-refractivity contribution is -0.162. The minimum absolute atomic E-state index is 0.0746. The standard InChI is InChI=1S/C15H32N3O5P/c1-14(2,20)12-23-15(3,4)13(19)17-8-10-18(11-9-17)24(21,22-7)16(5)6/h20H,8-12H2,1-7H3. The van der Waals surface area contributed by atoms with Crippen LogP contribution in [0.2, 0.25) is 0 Å². The molecule has 1 unspecified atom stereocenters. The van der Waals surface area contributed by atoms with Crippen molar-refractivity contribution in [2.75, 3.05) is 54.0 Å². The van der Waals surface area contributed by atoms with Gasteiger partial charge in [0.05, 0.1) is 12.2 Å². The quantitative estimate of drug-likeness (QED) is 0.674. The van der Waals surface area contributed by atoms with Crippen LogP contribution in [0.15, 0.2) is 0 Å². The molecule has 24 heavy (non-hydrogen) atoms. The number of carbonyl (C=O) groups excluding carboxylic acids is 1. The Hall–Kier alpha value is -0.500. The average molecular weight is 365 g/mol. The van der Waals surface area contributed by atoms with Crippen molar-refractivity contribution in [2.45, 2.75) is 38.9 Å². The molecule has 142 valence electrons. The van der Waals surface area contributed by atoms with Gasteiger partial charge in [0.15, 0.2) is 0 Å². The number of piperazine rings is 1. The molecule has 1 fully saturated rings. The number of hydrogen-bond acceptors (Lipinski definition) is 5. The van der Waals surface area contributed by atoms with Crippen molar-refractivity contribution >= 4 is 13.6 Å². The summed E-state index contributed by atoms with van der Waals surface area (Å²) >= 11 is 0. The Morgan fingerprint density at radius 2 is 1.67 bits per heavy atom. The molecule has 1 N–H and O–H groups in total. The molecule has 0 radical (unpaired) electrons. The van der Waals surface area contributed by atoms with Crippen molar-refractivity contribution in [3.8, 4) is 0 Å². The van der Waals surface area contributed by atoms with Crippen LogP contribution >= 0.6 is 7.67 Å². The van der Waals surface area contributed by atoms with E-state index in [1.165, 1.54) is 7.11 Å². The lowest BCUT2D eigenvalue weighted by atomic mass is 10.1. The van der Waals surface area contributed by atoms with E-state index < -0.39 is 18.9 Å². The van der Waals surface area contributed by atoms with Crippen molar-refractivity contribution < 1.29 is 23.7 Å². The highest BCUT2D eigenvalue weighted by Crippen LogP contribution is 2.51. The third-order valence-corrected chi connectivity index (χ3v) is 6.55. The fraction of sp³-hybridized carbons (Fsp3) is 0.933. The van der Waals surface area contributed by atoms with Gasteiger partial charge in [-0.15, -0.1) is 0 Å². The van der Waals surface area contributed by atoms with E-state index in [-0.39, 0.29) is 12.5 Å². The second kappa shape index (κ2) is 7.81. The molecule has 0 saturated carbocycles. The Bertz CT molecular complexity index is 482. The highest BCUT2D eigenvalue weighted by Gasteiger charge is 2.40. The molecular formula is C15H32N3O5P. The predicted molar refractivity (Wildman–Crippen MR) is 92.8 cm³/mol. The van der Waals surface area contributed by atoms with E-state index in [9.17, 15) is 14.5 Å². The number of aliphatic hydroxyl groups is 1. The van der Waals surface area contributed by atoms with Crippen LogP contribution in [0.5, 0.6) is 0 Å². The smallest absolute Gasteiger partial charge is 0.345 e. The Morgan fingerprint density at radius 3 is 2.04 bits per heavy atom. The molecule has 1 atom stereocenters. The fourth-order valence-corrected chi connectivity index (χ4v) is 4.23. The second-order valence-corrected chi connectivity index (χ2v) is 10.1. The van der Waals surface area contributed by atoms with E-state index in [4.69, 9.17) is 9.26 Å². The van der Waals surface area contributed by atoms with E-state index in [1.54, 1.807) is 56.0 Å². The van der Waals surface area contributed by atoms with E-state index in [0.717, 1.165) is 0 Å². The van der Waals surface area contributed by atoms with Gasteiger partial charge in [-0.2, -0.15) is 0 Å². The van der Waals surface area contributed by atoms with Gasteiger partial charge in [-0.05, 0) is 41.8 Å². The average Bonchev–Trinajstić information content (AvgIpc) is 2.51. The molecule has 1 rings (SSSR count). The summed E-state index contributed by atoms with van der Waals surface area (Å²) in [6.07, 6.45) is 0. The molecule has 0 aromatic rings. The summed E-state index contributed by atoms with van der Waals surface area (Å²) in [5.74, 6) is -0.136. The number of amides is 1. The molecule has 1 aliphatic heterocycles. The molecule has 1 saturated heterocycles. The Kier molecular flexibility index (Phi) is 7.01. The van der Waals surface area contributed by atoms with Crippen molar-refractivity contribution in [1.82, 2.24) is 14.2 Å². The summed E-state index contributed by atoms with van der Waals surface area (Å²) < 4.78 is 27.0. The lowest BCUT2D eigenvalue weighted by Gasteiger charge is -2.41. The SMILES string of the molecule is COP(=O)(N(C)C)N1CCN(C(=O)C(C)(C)OCC(C)(C)O)CC1. The van der Waals surface area contributed by atoms with E-state index in [0.29, 0.717) is 26.2 Å². The zero-order valence-electron chi connectivity index (χ0n) is 15.9. The molecule has 1 aliphatic rings. The monoisotopic (exact) mass is 365 g/mol. The largest absolute Gasteiger partial charge is 0.388 e. The summed E-state index contributed by atoms with van der Waals surface area (Å²) in [5.41, 5.74) is -2.01. The number of rotatable bonds is 7. The maximum Gasteiger partial charge on any atom is 0.345 e. The highest BCUT2D eigenvalue weighted by molar-refractivity contribution is 7.53. The van der Waals surface area contributed by atoms with Gasteiger partial charge in [0.1, 0.15) is 5.60 Å². The van der Waals surface area contributed by atoms with Crippen LogP contribution in [0.4, 0.5) is 0 Å². The van der Waals surface area contributed by atoms with E-state index in [1.807, 2.05) is 0 Å². The van der Waals surface area contributed by atoms with Gasteiger partial charge in [0.25, 0.3) is 5.91 Å². The first kappa shape index (κ1) is 21.5. The molecule has 0 aromatic carbocycles. The molecule has 0 spiro atoms. The molecular weight excluding hydrogens is 333 g/mol. The first-order valence-corrected chi connectivity index (χ1v) is 9.61. The number of carbonyl (C=O) groups is 1. The summed E-state index contributed by atoms with van der Waals surface area (Å²) in [5, 5.41) is 9.77. The van der Waals surface area contributed by atoms with Gasteiger partial charge < -0.3 is 19.3 Å². The second-order valence-electron chi connectivity index (χ2n) is 7.38. The molecule has 0 aliphatic carbocycles. The predicted octanol–water partition coefficient (Wildman–Crippen LogP) is 1.01. The van der Waals surface area contributed by atoms with Crippen molar-refractivity contribution in [2.24, 2.45) is 0 Å². The molecule has 1 amide bonds. The molecule has 0 aromatic heterocycles. The summed E-state index contributed by atoms with van der Waals surface area (Å²) in [6, 6.07) is 0. The zero-order chi connectivity index (χ0) is 18.8. The van der Waals surface area contributed by atoms with Crippen LogP contribution in [-0.2, 0) is 18.6 Å². The van der Waals surface area contributed by atoms with Crippen molar-refractivity contribution in [1.29, 1.82) is 0 Å². The molecule has 1 heterocycles. The number of ether oxygens (including phenoxy) is 1. The van der Waals surface area contributed by atoms with Crippen LogP contribution in [0, 0.1) is 0 Å². The van der Waals surface area contributed by atoms with Gasteiger partial charge in [0.2, 0.25) is 0 Å². The van der Waals surface area contributed by atoms with Crippen LogP contribution in [0.25, 0.3) is 0 Å². The Balaban J connectivity index is 2.67. The summed E-state index contributed by atoms with van der Waals surface area (Å²) in [4.78, 5) is 14.4. The number of hydrogen-bond donors (Lipinski definition) is 1. The van der Waals surface area contributed by atoms with E-state index in [2.05, 4.69) is 0 Å². The maximum absolute atomic E-state index is 12.8. The third-order valence-electron chi connectivity index (χ3n) is 3.95. The summed E-state index contributed by atoms with van der Waals surface area (Å²) in [7, 11) is 1.86. The highest BCUT2D eigenvalue weighted by atomic mass is 31.2. The maximum atomic E-state index is 12.8. The Morgan fingerprint density at radius 1 is 1.17 bits per heavy atom. The minimum Gasteiger partial charge on any atom is -0.388 e. The van der Waals surface area contributed by atoms with Gasteiger partial charge in [0, 0.05) is 33.3 Å². The van der Waals surface area contributed by atoms with Crippen LogP contribution < -0.4 is 0 Å². The van der Waals surface area contributed by atoms with Crippen LogP contribution in [0.1, 0.15) is 27.7 Å². The zero-order valence-corrected chi connectivity index (χ0v) is 16.8. The first-order chi connectivity index (χ1) is 10.8. The van der Waals surface area contributed by atoms with Crippen molar-refractivity contribution in [3.05, 3.63) is 0 Å². The normalized spacial score (nSPS) is 20.3. The number of nitrogens with zero attached hydrogens (tertiary/aromatic N) is 3. The first-order valence-electron chi connectivity index (χ1n) is 8.08. The fourth-order valence-electron chi connectivity index (χ4n) is 2.48.